The van der Waals surface area contributed by atoms with Gasteiger partial charge in [-0.05, 0) is 19.3 Å². The number of aliphatic imine (C=N–C) groups is 1. The van der Waals surface area contributed by atoms with E-state index >= 15 is 0 Å². The number of carbonyl (C=O) groups excluding carboxylic acids is 1. The lowest BCUT2D eigenvalue weighted by Crippen LogP contribution is -2.41. The second-order valence-electron chi connectivity index (χ2n) is 4.99. The fourth-order valence-corrected chi connectivity index (χ4v) is 2.63. The summed E-state index contributed by atoms with van der Waals surface area (Å²) in [7, 11) is 1.73. The molecule has 1 aliphatic carbocycles. The van der Waals surface area contributed by atoms with Crippen molar-refractivity contribution >= 4 is 47.2 Å². The van der Waals surface area contributed by atoms with Gasteiger partial charge in [0, 0.05) is 37.1 Å². The fourth-order valence-electron chi connectivity index (χ4n) is 1.83. The lowest BCUT2D eigenvalue weighted by atomic mass is 10.4. The summed E-state index contributed by atoms with van der Waals surface area (Å²) in [6, 6.07) is 0. The number of rotatable bonds is 7. The first-order valence-electron chi connectivity index (χ1n) is 7.38. The van der Waals surface area contributed by atoms with E-state index in [0.29, 0.717) is 19.6 Å². The van der Waals surface area contributed by atoms with Crippen LogP contribution in [0.5, 0.6) is 0 Å². The highest BCUT2D eigenvalue weighted by atomic mass is 127. The van der Waals surface area contributed by atoms with Crippen LogP contribution in [0.3, 0.4) is 0 Å². The third kappa shape index (κ3) is 6.47. The van der Waals surface area contributed by atoms with Crippen LogP contribution in [0.4, 0.5) is 0 Å². The molecule has 0 aliphatic heterocycles. The van der Waals surface area contributed by atoms with E-state index in [0.717, 1.165) is 30.2 Å². The third-order valence-corrected chi connectivity index (χ3v) is 4.39. The van der Waals surface area contributed by atoms with E-state index in [-0.39, 0.29) is 35.8 Å². The fraction of sp³-hybridized carbons (Fsp3) is 0.643. The maximum atomic E-state index is 11.5. The zero-order valence-electron chi connectivity index (χ0n) is 13.0. The maximum Gasteiger partial charge on any atom is 0.223 e. The minimum Gasteiger partial charge on any atom is -0.355 e. The van der Waals surface area contributed by atoms with Gasteiger partial charge in [0.15, 0.2) is 5.96 Å². The zero-order valence-corrected chi connectivity index (χ0v) is 16.2. The van der Waals surface area contributed by atoms with Gasteiger partial charge in [0.2, 0.25) is 5.91 Å². The highest BCUT2D eigenvalue weighted by Crippen LogP contribution is 2.28. The summed E-state index contributed by atoms with van der Waals surface area (Å²) < 4.78 is 0. The number of halogens is 1. The van der Waals surface area contributed by atoms with Gasteiger partial charge < -0.3 is 16.0 Å². The zero-order chi connectivity index (χ0) is 15.1. The van der Waals surface area contributed by atoms with Gasteiger partial charge in [0.1, 0.15) is 5.01 Å². The van der Waals surface area contributed by atoms with E-state index < -0.39 is 0 Å². The number of thiazole rings is 1. The molecule has 0 bridgehead atoms. The molecule has 124 valence electrons. The van der Waals surface area contributed by atoms with Crippen molar-refractivity contribution in [2.75, 3.05) is 20.1 Å². The third-order valence-electron chi connectivity index (χ3n) is 3.25. The average molecular weight is 437 g/mol. The van der Waals surface area contributed by atoms with Gasteiger partial charge in [-0.1, -0.05) is 6.92 Å². The molecule has 0 spiro atoms. The van der Waals surface area contributed by atoms with Crippen LogP contribution in [0.25, 0.3) is 0 Å². The van der Waals surface area contributed by atoms with Crippen LogP contribution < -0.4 is 16.0 Å². The van der Waals surface area contributed by atoms with Crippen molar-refractivity contribution in [3.8, 4) is 0 Å². The maximum absolute atomic E-state index is 11.5. The second-order valence-corrected chi connectivity index (χ2v) is 6.19. The summed E-state index contributed by atoms with van der Waals surface area (Å²) in [5.41, 5.74) is 0. The van der Waals surface area contributed by atoms with Crippen molar-refractivity contribution in [3.63, 3.8) is 0 Å². The van der Waals surface area contributed by atoms with E-state index in [9.17, 15) is 4.79 Å². The Morgan fingerprint density at radius 1 is 1.36 bits per heavy atom. The van der Waals surface area contributed by atoms with Crippen molar-refractivity contribution in [1.29, 1.82) is 0 Å². The minimum atomic E-state index is 0. The van der Waals surface area contributed by atoms with Crippen LogP contribution in [0.2, 0.25) is 0 Å². The average Bonchev–Trinajstić information content (AvgIpc) is 3.25. The van der Waals surface area contributed by atoms with Crippen molar-refractivity contribution in [1.82, 2.24) is 20.9 Å². The topological polar surface area (TPSA) is 78.4 Å². The van der Waals surface area contributed by atoms with Gasteiger partial charge in [-0.25, -0.2) is 4.98 Å². The van der Waals surface area contributed by atoms with E-state index in [2.05, 4.69) is 32.9 Å². The Hall–Kier alpha value is -0.900. The smallest absolute Gasteiger partial charge is 0.223 e. The van der Waals surface area contributed by atoms with E-state index in [1.165, 1.54) is 4.88 Å². The number of nitrogens with one attached hydrogen (secondary N) is 3. The van der Waals surface area contributed by atoms with Gasteiger partial charge in [-0.15, -0.1) is 35.3 Å². The molecule has 1 saturated carbocycles. The van der Waals surface area contributed by atoms with Crippen molar-refractivity contribution < 1.29 is 4.79 Å². The Morgan fingerprint density at radius 3 is 2.68 bits per heavy atom. The van der Waals surface area contributed by atoms with Crippen LogP contribution >= 0.6 is 35.3 Å². The number of aryl methyl sites for hydroxylation is 1. The number of carbonyl (C=O) groups is 1. The number of hydrogen-bond donors (Lipinski definition) is 3. The van der Waals surface area contributed by atoms with Crippen LogP contribution in [0, 0.1) is 5.92 Å². The van der Waals surface area contributed by atoms with Gasteiger partial charge in [0.25, 0.3) is 0 Å². The number of guanidine groups is 1. The molecule has 3 N–H and O–H groups in total. The quantitative estimate of drug-likeness (QED) is 0.262. The molecule has 2 rings (SSSR count). The predicted octanol–water partition coefficient (Wildman–Crippen LogP) is 1.51. The summed E-state index contributed by atoms with van der Waals surface area (Å²) in [6.45, 7) is 4.07. The molecule has 1 heterocycles. The Bertz CT molecular complexity index is 501. The Kier molecular flexibility index (Phi) is 8.69. The summed E-state index contributed by atoms with van der Waals surface area (Å²) in [4.78, 5) is 21.3. The van der Waals surface area contributed by atoms with Crippen molar-refractivity contribution in [2.24, 2.45) is 10.9 Å². The molecule has 0 aromatic carbocycles. The number of nitrogens with zero attached hydrogens (tertiary/aromatic N) is 2. The lowest BCUT2D eigenvalue weighted by molar-refractivity contribution is -0.122. The molecule has 1 aromatic rings. The SMILES string of the molecule is CCc1cnc(CNC(=NC)NCCNC(=O)C2CC2)s1.I. The first-order chi connectivity index (χ1) is 10.2. The highest BCUT2D eigenvalue weighted by Gasteiger charge is 2.28. The van der Waals surface area contributed by atoms with Crippen LogP contribution in [-0.2, 0) is 17.8 Å². The van der Waals surface area contributed by atoms with Crippen molar-refractivity contribution in [2.45, 2.75) is 32.7 Å². The molecule has 6 nitrogen and oxygen atoms in total. The molecular weight excluding hydrogens is 413 g/mol. The molecule has 22 heavy (non-hydrogen) atoms. The normalized spacial score (nSPS) is 14.2. The van der Waals surface area contributed by atoms with Crippen molar-refractivity contribution in [3.05, 3.63) is 16.1 Å². The van der Waals surface area contributed by atoms with Gasteiger partial charge >= 0.3 is 0 Å². The van der Waals surface area contributed by atoms with Crippen LogP contribution in [0.1, 0.15) is 29.7 Å². The van der Waals surface area contributed by atoms with Crippen LogP contribution in [0.15, 0.2) is 11.2 Å². The van der Waals surface area contributed by atoms with E-state index in [1.54, 1.807) is 18.4 Å². The Morgan fingerprint density at radius 2 is 2.09 bits per heavy atom. The number of aromatic nitrogens is 1. The van der Waals surface area contributed by atoms with Gasteiger partial charge in [-0.3, -0.25) is 9.79 Å². The number of amides is 1. The predicted molar refractivity (Wildman–Crippen MR) is 101 cm³/mol. The monoisotopic (exact) mass is 437 g/mol. The first kappa shape index (κ1) is 19.1. The molecule has 0 saturated heterocycles. The van der Waals surface area contributed by atoms with Gasteiger partial charge in [-0.2, -0.15) is 0 Å². The molecule has 1 aliphatic rings. The van der Waals surface area contributed by atoms with E-state index in [1.807, 2.05) is 6.20 Å². The standard InChI is InChI=1S/C14H23N5OS.HI/c1-3-11-8-18-12(21-11)9-19-14(15-2)17-7-6-16-13(20)10-4-5-10;/h8,10H,3-7,9H2,1-2H3,(H,16,20)(H2,15,17,19);1H. The first-order valence-corrected chi connectivity index (χ1v) is 8.20. The lowest BCUT2D eigenvalue weighted by Gasteiger charge is -2.11. The molecule has 1 amide bonds. The second kappa shape index (κ2) is 9.98. The summed E-state index contributed by atoms with van der Waals surface area (Å²) in [5.74, 6) is 1.17. The summed E-state index contributed by atoms with van der Waals surface area (Å²) in [6.07, 6.45) is 5.02. The molecule has 8 heteroatoms. The molecule has 1 fully saturated rings. The van der Waals surface area contributed by atoms with Crippen LogP contribution in [-0.4, -0.2) is 37.0 Å². The highest BCUT2D eigenvalue weighted by molar-refractivity contribution is 14.0. The molecule has 0 atom stereocenters. The number of hydrogen-bond acceptors (Lipinski definition) is 4. The van der Waals surface area contributed by atoms with Gasteiger partial charge in [0.05, 0.1) is 6.54 Å². The Labute approximate surface area is 152 Å². The molecular formula is C14H24IN5OS. The summed E-state index contributed by atoms with van der Waals surface area (Å²) >= 11 is 1.71. The minimum absolute atomic E-state index is 0. The Balaban J connectivity index is 0.00000242. The molecule has 0 radical (unpaired) electrons. The summed E-state index contributed by atoms with van der Waals surface area (Å²) in [5, 5.41) is 10.4. The molecule has 0 unspecified atom stereocenters. The molecule has 1 aromatic heterocycles. The largest absolute Gasteiger partial charge is 0.355 e. The van der Waals surface area contributed by atoms with E-state index in [4.69, 9.17) is 0 Å².